The molecule has 1 aliphatic rings. The summed E-state index contributed by atoms with van der Waals surface area (Å²) >= 11 is 0. The van der Waals surface area contributed by atoms with Crippen molar-refractivity contribution in [3.05, 3.63) is 42.5 Å². The number of fused-ring (bicyclic) bond motifs is 1. The highest BCUT2D eigenvalue weighted by atomic mass is 16.5. The van der Waals surface area contributed by atoms with Crippen LogP contribution in [0.3, 0.4) is 0 Å². The molecule has 0 aromatic heterocycles. The van der Waals surface area contributed by atoms with Crippen molar-refractivity contribution in [1.82, 2.24) is 5.32 Å². The molecule has 1 N–H and O–H groups in total. The summed E-state index contributed by atoms with van der Waals surface area (Å²) in [7, 11) is 0. The zero-order valence-electron chi connectivity index (χ0n) is 12.3. The van der Waals surface area contributed by atoms with Gasteiger partial charge in [0.25, 0.3) is 0 Å². The van der Waals surface area contributed by atoms with Crippen molar-refractivity contribution in [2.75, 3.05) is 13.1 Å². The molecule has 1 unspecified atom stereocenters. The van der Waals surface area contributed by atoms with Crippen molar-refractivity contribution < 1.29 is 4.74 Å². The summed E-state index contributed by atoms with van der Waals surface area (Å²) in [6.45, 7) is 6.71. The van der Waals surface area contributed by atoms with E-state index < -0.39 is 0 Å². The van der Waals surface area contributed by atoms with Gasteiger partial charge in [0, 0.05) is 17.8 Å². The first-order valence-electron chi connectivity index (χ1n) is 7.61. The van der Waals surface area contributed by atoms with Gasteiger partial charge in [-0.25, -0.2) is 0 Å². The monoisotopic (exact) mass is 269 g/mol. The average molecular weight is 269 g/mol. The van der Waals surface area contributed by atoms with Gasteiger partial charge in [-0.1, -0.05) is 50.2 Å². The second-order valence-corrected chi connectivity index (χ2v) is 6.06. The van der Waals surface area contributed by atoms with Crippen molar-refractivity contribution in [3.8, 4) is 5.75 Å². The maximum absolute atomic E-state index is 6.43. The van der Waals surface area contributed by atoms with E-state index in [0.29, 0.717) is 11.8 Å². The molecule has 0 bridgehead atoms. The Morgan fingerprint density at radius 3 is 2.65 bits per heavy atom. The molecule has 1 heterocycles. The lowest BCUT2D eigenvalue weighted by Crippen LogP contribution is -2.33. The van der Waals surface area contributed by atoms with Gasteiger partial charge >= 0.3 is 0 Å². The summed E-state index contributed by atoms with van der Waals surface area (Å²) in [5.74, 6) is 2.17. The van der Waals surface area contributed by atoms with Gasteiger partial charge in [0.1, 0.15) is 11.9 Å². The van der Waals surface area contributed by atoms with E-state index >= 15 is 0 Å². The smallest absolute Gasteiger partial charge is 0.127 e. The molecule has 1 aliphatic heterocycles. The average Bonchev–Trinajstić information content (AvgIpc) is 2.98. The first-order chi connectivity index (χ1) is 9.75. The molecule has 2 aromatic carbocycles. The van der Waals surface area contributed by atoms with E-state index in [1.165, 1.54) is 17.2 Å². The van der Waals surface area contributed by atoms with E-state index in [9.17, 15) is 0 Å². The van der Waals surface area contributed by atoms with Crippen LogP contribution in [0.2, 0.25) is 0 Å². The van der Waals surface area contributed by atoms with Gasteiger partial charge in [-0.2, -0.15) is 0 Å². The topological polar surface area (TPSA) is 21.3 Å². The van der Waals surface area contributed by atoms with Gasteiger partial charge < -0.3 is 10.1 Å². The summed E-state index contributed by atoms with van der Waals surface area (Å²) in [6.07, 6.45) is 1.50. The summed E-state index contributed by atoms with van der Waals surface area (Å²) < 4.78 is 6.43. The van der Waals surface area contributed by atoms with E-state index in [1.54, 1.807) is 0 Å². The number of ether oxygens (including phenoxy) is 1. The highest BCUT2D eigenvalue weighted by Crippen LogP contribution is 2.30. The van der Waals surface area contributed by atoms with Crippen LogP contribution in [-0.4, -0.2) is 19.2 Å². The predicted molar refractivity (Wildman–Crippen MR) is 84.2 cm³/mol. The highest BCUT2D eigenvalue weighted by Gasteiger charge is 2.29. The Bertz CT molecular complexity index is 567. The summed E-state index contributed by atoms with van der Waals surface area (Å²) in [4.78, 5) is 0. The minimum atomic E-state index is 0.288. The highest BCUT2D eigenvalue weighted by molar-refractivity contribution is 5.88. The minimum Gasteiger partial charge on any atom is -0.489 e. The maximum Gasteiger partial charge on any atom is 0.127 e. The van der Waals surface area contributed by atoms with Crippen molar-refractivity contribution in [3.63, 3.8) is 0 Å². The first kappa shape index (κ1) is 13.4. The van der Waals surface area contributed by atoms with E-state index in [0.717, 1.165) is 18.8 Å². The Balaban J connectivity index is 1.90. The number of nitrogens with one attached hydrogen (secondary N) is 1. The van der Waals surface area contributed by atoms with Crippen LogP contribution in [0.25, 0.3) is 10.8 Å². The van der Waals surface area contributed by atoms with Crippen LogP contribution in [-0.2, 0) is 0 Å². The fourth-order valence-electron chi connectivity index (χ4n) is 3.18. The Morgan fingerprint density at radius 1 is 1.10 bits per heavy atom. The molecule has 0 spiro atoms. The van der Waals surface area contributed by atoms with Crippen LogP contribution in [0.4, 0.5) is 0 Å². The second kappa shape index (κ2) is 5.84. The van der Waals surface area contributed by atoms with Gasteiger partial charge in [-0.3, -0.25) is 0 Å². The zero-order chi connectivity index (χ0) is 13.9. The second-order valence-electron chi connectivity index (χ2n) is 6.06. The lowest BCUT2D eigenvalue weighted by molar-refractivity contribution is 0.0990. The fraction of sp³-hybridized carbons (Fsp3) is 0.444. The number of rotatable bonds is 4. The van der Waals surface area contributed by atoms with Crippen LogP contribution in [0, 0.1) is 11.8 Å². The molecule has 2 nitrogen and oxygen atoms in total. The molecule has 0 amide bonds. The lowest BCUT2D eigenvalue weighted by atomic mass is 9.92. The Kier molecular flexibility index (Phi) is 3.93. The third-order valence-electron chi connectivity index (χ3n) is 4.23. The number of benzene rings is 2. The van der Waals surface area contributed by atoms with E-state index in [4.69, 9.17) is 4.74 Å². The lowest BCUT2D eigenvalue weighted by Gasteiger charge is -2.28. The van der Waals surface area contributed by atoms with E-state index in [1.807, 2.05) is 0 Å². The van der Waals surface area contributed by atoms with Crippen molar-refractivity contribution >= 4 is 10.8 Å². The maximum atomic E-state index is 6.43. The van der Waals surface area contributed by atoms with Crippen LogP contribution >= 0.6 is 0 Å². The molecular formula is C18H23NO. The molecule has 2 heteroatoms. The SMILES string of the molecule is CC(C)[C@H](Oc1cccc2ccccc12)C1CCNC1. The molecule has 20 heavy (non-hydrogen) atoms. The van der Waals surface area contributed by atoms with Gasteiger partial charge in [0.2, 0.25) is 0 Å². The van der Waals surface area contributed by atoms with Crippen molar-refractivity contribution in [2.45, 2.75) is 26.4 Å². The van der Waals surface area contributed by atoms with Crippen LogP contribution in [0.1, 0.15) is 20.3 Å². The largest absolute Gasteiger partial charge is 0.489 e. The molecular weight excluding hydrogens is 246 g/mol. The Morgan fingerprint density at radius 2 is 1.90 bits per heavy atom. The predicted octanol–water partition coefficient (Wildman–Crippen LogP) is 3.85. The third-order valence-corrected chi connectivity index (χ3v) is 4.23. The number of hydrogen-bond acceptors (Lipinski definition) is 2. The molecule has 2 atom stereocenters. The molecule has 2 aromatic rings. The molecule has 3 rings (SSSR count). The third kappa shape index (κ3) is 2.66. The van der Waals surface area contributed by atoms with Gasteiger partial charge in [0.15, 0.2) is 0 Å². The van der Waals surface area contributed by atoms with Gasteiger partial charge in [-0.15, -0.1) is 0 Å². The summed E-state index contributed by atoms with van der Waals surface area (Å²) in [5, 5.41) is 5.91. The van der Waals surface area contributed by atoms with Crippen LogP contribution < -0.4 is 10.1 Å². The molecule has 1 saturated heterocycles. The zero-order valence-corrected chi connectivity index (χ0v) is 12.3. The quantitative estimate of drug-likeness (QED) is 0.910. The number of hydrogen-bond donors (Lipinski definition) is 1. The Hall–Kier alpha value is -1.54. The summed E-state index contributed by atoms with van der Waals surface area (Å²) in [6, 6.07) is 14.8. The molecule has 0 aliphatic carbocycles. The molecule has 1 fully saturated rings. The van der Waals surface area contributed by atoms with Crippen LogP contribution in [0.5, 0.6) is 5.75 Å². The summed E-state index contributed by atoms with van der Waals surface area (Å²) in [5.41, 5.74) is 0. The van der Waals surface area contributed by atoms with Gasteiger partial charge in [-0.05, 0) is 30.3 Å². The minimum absolute atomic E-state index is 0.288. The molecule has 0 radical (unpaired) electrons. The molecule has 0 saturated carbocycles. The fourth-order valence-corrected chi connectivity index (χ4v) is 3.18. The molecule has 106 valence electrons. The first-order valence-corrected chi connectivity index (χ1v) is 7.61. The standard InChI is InChI=1S/C18H23NO/c1-13(2)18(15-10-11-19-12-15)20-17-9-5-7-14-6-3-4-8-16(14)17/h3-9,13,15,18-19H,10-12H2,1-2H3/t15?,18-/m0/s1. The Labute approximate surface area is 121 Å². The van der Waals surface area contributed by atoms with Crippen molar-refractivity contribution in [2.24, 2.45) is 11.8 Å². The van der Waals surface area contributed by atoms with Gasteiger partial charge in [0.05, 0.1) is 0 Å². The normalized spacial score (nSPS) is 20.4. The van der Waals surface area contributed by atoms with E-state index in [-0.39, 0.29) is 6.10 Å². The van der Waals surface area contributed by atoms with E-state index in [2.05, 4.69) is 61.6 Å². The van der Waals surface area contributed by atoms with Crippen LogP contribution in [0.15, 0.2) is 42.5 Å². The van der Waals surface area contributed by atoms with Crippen molar-refractivity contribution in [1.29, 1.82) is 0 Å².